The molecular formula is C20H17BrCl2N4O5. The molecule has 1 aromatic heterocycles. The minimum absolute atomic E-state index is 0.0617. The molecule has 2 fully saturated rings. The Morgan fingerprint density at radius 2 is 1.78 bits per heavy atom. The molecule has 1 saturated carbocycles. The molecule has 1 N–H and O–H groups in total. The van der Waals surface area contributed by atoms with E-state index >= 15 is 0 Å². The zero-order valence-electron chi connectivity index (χ0n) is 16.9. The number of nitrogens with zero attached hydrogens (tertiary/aromatic N) is 4. The first-order chi connectivity index (χ1) is 14.9. The molecule has 0 radical (unpaired) electrons. The van der Waals surface area contributed by atoms with E-state index in [4.69, 9.17) is 23.2 Å². The molecule has 0 unspecified atom stereocenters. The quantitative estimate of drug-likeness (QED) is 0.333. The zero-order chi connectivity index (χ0) is 23.3. The van der Waals surface area contributed by atoms with Crippen LogP contribution in [0.4, 0.5) is 0 Å². The second-order valence-electron chi connectivity index (χ2n) is 8.29. The number of alkyl halides is 2. The monoisotopic (exact) mass is 542 g/mol. The molecule has 2 aromatic rings. The Balaban J connectivity index is 1.85. The van der Waals surface area contributed by atoms with E-state index in [-0.39, 0.29) is 24.3 Å². The third-order valence-electron chi connectivity index (χ3n) is 6.77. The van der Waals surface area contributed by atoms with Gasteiger partial charge in [-0.2, -0.15) is 0 Å². The number of phenolic OH excluding ortho intramolecular Hbond substituents is 1. The number of amides is 2. The topological polar surface area (TPSA) is 107 Å². The highest BCUT2D eigenvalue weighted by Crippen LogP contribution is 2.64. The fraction of sp³-hybridized carbons (Fsp3) is 0.400. The standard InChI is InChI=1S/C20H17BrCl2N4O5/c1-24-15(29)19(22)8-12-10(5-6-26-17(31)25(2)18(32)27(12)26)14(20(19,23)16(24)30)11-7-9(21)3-4-13(11)28/h3-5,7,12,14,28H,6,8H2,1-2H3/t12-,14-,19-,20+/m1/s1. The van der Waals surface area contributed by atoms with Crippen molar-refractivity contribution in [3.63, 3.8) is 0 Å². The van der Waals surface area contributed by atoms with Crippen molar-refractivity contribution in [1.29, 1.82) is 0 Å². The summed E-state index contributed by atoms with van der Waals surface area (Å²) in [4.78, 5) is 49.0. The van der Waals surface area contributed by atoms with E-state index in [1.54, 1.807) is 18.2 Å². The van der Waals surface area contributed by atoms with Crippen molar-refractivity contribution < 1.29 is 14.7 Å². The normalized spacial score (nSPS) is 31.3. The molecule has 1 aliphatic carbocycles. The van der Waals surface area contributed by atoms with Gasteiger partial charge in [-0.15, -0.1) is 23.2 Å². The summed E-state index contributed by atoms with van der Waals surface area (Å²) in [5, 5.41) is 10.7. The van der Waals surface area contributed by atoms with Crippen LogP contribution >= 0.6 is 39.1 Å². The van der Waals surface area contributed by atoms with Crippen molar-refractivity contribution in [2.45, 2.75) is 34.7 Å². The van der Waals surface area contributed by atoms with Gasteiger partial charge < -0.3 is 5.11 Å². The molecule has 0 spiro atoms. The average Bonchev–Trinajstić information content (AvgIpc) is 3.05. The number of carbonyl (C=O) groups is 2. The van der Waals surface area contributed by atoms with Crippen molar-refractivity contribution in [3.8, 4) is 5.75 Å². The number of fused-ring (bicyclic) bond motifs is 4. The molecule has 5 rings (SSSR count). The van der Waals surface area contributed by atoms with Crippen LogP contribution in [0.5, 0.6) is 5.75 Å². The summed E-state index contributed by atoms with van der Waals surface area (Å²) >= 11 is 17.3. The molecule has 2 amide bonds. The van der Waals surface area contributed by atoms with Gasteiger partial charge in [0.2, 0.25) is 0 Å². The summed E-state index contributed by atoms with van der Waals surface area (Å²) in [6, 6.07) is 3.85. The fourth-order valence-corrected chi connectivity index (χ4v) is 6.59. The lowest BCUT2D eigenvalue weighted by molar-refractivity contribution is -0.137. The van der Waals surface area contributed by atoms with Crippen LogP contribution in [-0.4, -0.2) is 52.5 Å². The Kier molecular flexibility index (Phi) is 4.45. The first-order valence-electron chi connectivity index (χ1n) is 9.72. The number of likely N-dealkylation sites (tertiary alicyclic amines) is 1. The molecule has 12 heteroatoms. The molecule has 1 aromatic carbocycles. The highest BCUT2D eigenvalue weighted by molar-refractivity contribution is 9.10. The van der Waals surface area contributed by atoms with Gasteiger partial charge in [-0.3, -0.25) is 14.5 Å². The maximum Gasteiger partial charge on any atom is 0.347 e. The largest absolute Gasteiger partial charge is 0.508 e. The number of imide groups is 1. The smallest absolute Gasteiger partial charge is 0.347 e. The molecule has 3 heterocycles. The molecule has 2 aliphatic heterocycles. The minimum Gasteiger partial charge on any atom is -0.508 e. The van der Waals surface area contributed by atoms with Gasteiger partial charge >= 0.3 is 11.4 Å². The summed E-state index contributed by atoms with van der Waals surface area (Å²) < 4.78 is 4.11. The summed E-state index contributed by atoms with van der Waals surface area (Å²) in [6.07, 6.45) is 1.54. The number of allylic oxidation sites excluding steroid dienone is 2. The van der Waals surface area contributed by atoms with Crippen LogP contribution in [0.2, 0.25) is 0 Å². The first kappa shape index (κ1) is 21.5. The van der Waals surface area contributed by atoms with E-state index in [9.17, 15) is 24.3 Å². The third-order valence-corrected chi connectivity index (χ3v) is 8.68. The Morgan fingerprint density at radius 1 is 1.09 bits per heavy atom. The number of aromatic hydroxyl groups is 1. The number of aromatic nitrogens is 3. The Bertz CT molecular complexity index is 1380. The number of phenols is 1. The van der Waals surface area contributed by atoms with Crippen molar-refractivity contribution in [1.82, 2.24) is 18.8 Å². The van der Waals surface area contributed by atoms with Crippen molar-refractivity contribution in [2.75, 3.05) is 7.05 Å². The zero-order valence-corrected chi connectivity index (χ0v) is 20.0. The summed E-state index contributed by atoms with van der Waals surface area (Å²) in [7, 11) is 2.67. The van der Waals surface area contributed by atoms with Crippen LogP contribution in [0, 0.1) is 0 Å². The van der Waals surface area contributed by atoms with Gasteiger partial charge in [0, 0.05) is 36.5 Å². The highest BCUT2D eigenvalue weighted by atomic mass is 79.9. The lowest BCUT2D eigenvalue weighted by Crippen LogP contribution is -2.59. The predicted octanol–water partition coefficient (Wildman–Crippen LogP) is 1.44. The Hall–Kier alpha value is -2.30. The van der Waals surface area contributed by atoms with Crippen LogP contribution in [0.25, 0.3) is 0 Å². The van der Waals surface area contributed by atoms with Crippen LogP contribution in [0.15, 0.2) is 43.9 Å². The number of benzene rings is 1. The van der Waals surface area contributed by atoms with Crippen molar-refractivity contribution in [3.05, 3.63) is 60.9 Å². The molecule has 4 atom stereocenters. The maximum atomic E-state index is 13.3. The maximum absolute atomic E-state index is 13.3. The third kappa shape index (κ3) is 2.35. The van der Waals surface area contributed by atoms with E-state index in [1.807, 2.05) is 0 Å². The Labute approximate surface area is 199 Å². The average molecular weight is 544 g/mol. The predicted molar refractivity (Wildman–Crippen MR) is 119 cm³/mol. The second kappa shape index (κ2) is 6.61. The summed E-state index contributed by atoms with van der Waals surface area (Å²) in [5.74, 6) is -2.56. The van der Waals surface area contributed by atoms with E-state index in [0.29, 0.717) is 10.0 Å². The SMILES string of the molecule is CN1C(=O)[C@]2(Cl)C[C@@H]3C(=CCn4c(=O)n(C)c(=O)n43)[C@H](c3cc(Br)ccc3O)[C@]2(Cl)C1=O. The lowest BCUT2D eigenvalue weighted by atomic mass is 9.64. The van der Waals surface area contributed by atoms with Crippen LogP contribution in [-0.2, 0) is 23.2 Å². The van der Waals surface area contributed by atoms with Gasteiger partial charge in [-0.05, 0) is 23.8 Å². The molecule has 1 saturated heterocycles. The minimum atomic E-state index is -1.94. The number of hydrogen-bond donors (Lipinski definition) is 1. The molecule has 0 bridgehead atoms. The van der Waals surface area contributed by atoms with E-state index < -0.39 is 44.9 Å². The first-order valence-corrected chi connectivity index (χ1v) is 11.3. The fourth-order valence-electron chi connectivity index (χ4n) is 5.22. The van der Waals surface area contributed by atoms with Crippen molar-refractivity contribution in [2.24, 2.45) is 7.05 Å². The van der Waals surface area contributed by atoms with Crippen LogP contribution in [0.3, 0.4) is 0 Å². The van der Waals surface area contributed by atoms with Crippen LogP contribution in [0.1, 0.15) is 23.9 Å². The van der Waals surface area contributed by atoms with Gasteiger partial charge in [0.05, 0.1) is 12.6 Å². The number of rotatable bonds is 1. The van der Waals surface area contributed by atoms with Gasteiger partial charge in [-0.25, -0.2) is 23.5 Å². The molecule has 9 nitrogen and oxygen atoms in total. The highest BCUT2D eigenvalue weighted by Gasteiger charge is 2.75. The molecule has 168 valence electrons. The summed E-state index contributed by atoms with van der Waals surface area (Å²) in [5.41, 5.74) is -0.264. The van der Waals surface area contributed by atoms with E-state index in [1.165, 1.54) is 29.5 Å². The molecular weight excluding hydrogens is 527 g/mol. The van der Waals surface area contributed by atoms with E-state index in [2.05, 4.69) is 15.9 Å². The number of hydrogen-bond acceptors (Lipinski definition) is 5. The van der Waals surface area contributed by atoms with Gasteiger partial charge in [0.1, 0.15) is 5.75 Å². The number of carbonyl (C=O) groups excluding carboxylic acids is 2. The van der Waals surface area contributed by atoms with Gasteiger partial charge in [0.15, 0.2) is 9.75 Å². The van der Waals surface area contributed by atoms with Gasteiger partial charge in [0.25, 0.3) is 11.8 Å². The second-order valence-corrected chi connectivity index (χ2v) is 10.5. The lowest BCUT2D eigenvalue weighted by Gasteiger charge is -2.49. The Morgan fingerprint density at radius 3 is 2.47 bits per heavy atom. The van der Waals surface area contributed by atoms with E-state index in [0.717, 1.165) is 9.47 Å². The van der Waals surface area contributed by atoms with Gasteiger partial charge in [-0.1, -0.05) is 22.0 Å². The molecule has 3 aliphatic rings. The summed E-state index contributed by atoms with van der Waals surface area (Å²) in [6.45, 7) is 0.0617. The van der Waals surface area contributed by atoms with Crippen LogP contribution < -0.4 is 11.4 Å². The van der Waals surface area contributed by atoms with Crippen molar-refractivity contribution >= 4 is 50.9 Å². The molecule has 32 heavy (non-hydrogen) atoms. The number of halogens is 3.